The molecule has 186 valence electrons. The summed E-state index contributed by atoms with van der Waals surface area (Å²) in [5.41, 5.74) is 3.28. The number of aromatic amines is 1. The molecule has 0 saturated heterocycles. The van der Waals surface area contributed by atoms with E-state index in [4.69, 9.17) is 0 Å². The van der Waals surface area contributed by atoms with Crippen LogP contribution in [0.4, 0.5) is 5.69 Å². The number of carbonyl (C=O) groups excluding carboxylic acids is 1. The molecule has 4 aromatic rings. The van der Waals surface area contributed by atoms with Crippen LogP contribution in [0, 0.1) is 6.92 Å². The van der Waals surface area contributed by atoms with Crippen LogP contribution in [-0.2, 0) is 21.2 Å². The van der Waals surface area contributed by atoms with Gasteiger partial charge in [0, 0.05) is 24.9 Å². The monoisotopic (exact) mass is 521 g/mol. The Morgan fingerprint density at radius 1 is 1.00 bits per heavy atom. The van der Waals surface area contributed by atoms with Crippen molar-refractivity contribution in [2.24, 2.45) is 0 Å². The summed E-state index contributed by atoms with van der Waals surface area (Å²) in [5, 5.41) is 10.7. The van der Waals surface area contributed by atoms with Gasteiger partial charge in [-0.1, -0.05) is 71.9 Å². The molecule has 0 saturated carbocycles. The van der Waals surface area contributed by atoms with Crippen molar-refractivity contribution in [2.45, 2.75) is 23.4 Å². The first-order valence-corrected chi connectivity index (χ1v) is 13.8. The second kappa shape index (κ2) is 11.4. The molecule has 0 aliphatic carbocycles. The van der Waals surface area contributed by atoms with Crippen LogP contribution in [0.2, 0.25) is 0 Å². The first-order valence-electron chi connectivity index (χ1n) is 11.3. The molecule has 0 aliphatic heterocycles. The van der Waals surface area contributed by atoms with E-state index in [-0.39, 0.29) is 17.2 Å². The Hall–Kier alpha value is -3.63. The second-order valence-electron chi connectivity index (χ2n) is 8.16. The number of anilines is 1. The lowest BCUT2D eigenvalue weighted by molar-refractivity contribution is -0.120. The highest BCUT2D eigenvalue weighted by molar-refractivity contribution is 7.99. The maximum atomic E-state index is 12.9. The topological polar surface area (TPSA) is 108 Å². The average molecular weight is 522 g/mol. The van der Waals surface area contributed by atoms with E-state index < -0.39 is 10.0 Å². The number of aryl methyl sites for hydroxylation is 1. The summed E-state index contributed by atoms with van der Waals surface area (Å²) in [4.78, 5) is 17.0. The number of benzene rings is 3. The van der Waals surface area contributed by atoms with Crippen LogP contribution < -0.4 is 9.62 Å². The van der Waals surface area contributed by atoms with Crippen molar-refractivity contribution in [3.8, 4) is 11.4 Å². The molecule has 1 heterocycles. The predicted molar refractivity (Wildman–Crippen MR) is 142 cm³/mol. The number of nitrogens with zero attached hydrogens (tertiary/aromatic N) is 3. The van der Waals surface area contributed by atoms with Gasteiger partial charge in [-0.3, -0.25) is 14.2 Å². The molecule has 0 unspecified atom stereocenters. The van der Waals surface area contributed by atoms with Gasteiger partial charge in [-0.2, -0.15) is 0 Å². The van der Waals surface area contributed by atoms with E-state index in [1.807, 2.05) is 37.3 Å². The number of sulfonamides is 1. The van der Waals surface area contributed by atoms with Gasteiger partial charge >= 0.3 is 0 Å². The molecule has 0 radical (unpaired) electrons. The van der Waals surface area contributed by atoms with Gasteiger partial charge < -0.3 is 5.32 Å². The smallest absolute Gasteiger partial charge is 0.264 e. The standard InChI is InChI=1S/C26H27N5O3S2/c1-19-8-14-23(15-9-19)36(33,34)31(2)22-12-10-20(11-13-22)18-24(32)27-16-17-35-26-28-25(29-30-26)21-6-4-3-5-7-21/h3-15H,16-18H2,1-2H3,(H,27,32)(H,28,29,30). The number of thioether (sulfide) groups is 1. The zero-order valence-corrected chi connectivity index (χ0v) is 21.6. The van der Waals surface area contributed by atoms with Crippen LogP contribution in [0.1, 0.15) is 11.1 Å². The van der Waals surface area contributed by atoms with Gasteiger partial charge in [0.05, 0.1) is 17.0 Å². The number of carbonyl (C=O) groups is 1. The third-order valence-electron chi connectivity index (χ3n) is 5.51. The number of nitrogens with one attached hydrogen (secondary N) is 2. The largest absolute Gasteiger partial charge is 0.355 e. The van der Waals surface area contributed by atoms with E-state index >= 15 is 0 Å². The summed E-state index contributed by atoms with van der Waals surface area (Å²) < 4.78 is 27.0. The maximum Gasteiger partial charge on any atom is 0.264 e. The van der Waals surface area contributed by atoms with Crippen LogP contribution in [0.3, 0.4) is 0 Å². The van der Waals surface area contributed by atoms with Crippen LogP contribution in [0.5, 0.6) is 0 Å². The lowest BCUT2D eigenvalue weighted by Crippen LogP contribution is -2.27. The van der Waals surface area contributed by atoms with Crippen molar-refractivity contribution < 1.29 is 13.2 Å². The molecule has 0 atom stereocenters. The van der Waals surface area contributed by atoms with Gasteiger partial charge in [-0.25, -0.2) is 13.4 Å². The summed E-state index contributed by atoms with van der Waals surface area (Å²) in [6.45, 7) is 2.39. The highest BCUT2D eigenvalue weighted by atomic mass is 32.2. The summed E-state index contributed by atoms with van der Waals surface area (Å²) in [6, 6.07) is 23.4. The van der Waals surface area contributed by atoms with Gasteiger partial charge in [0.2, 0.25) is 11.1 Å². The van der Waals surface area contributed by atoms with E-state index in [2.05, 4.69) is 20.5 Å². The number of rotatable bonds is 10. The van der Waals surface area contributed by atoms with Crippen molar-refractivity contribution in [1.82, 2.24) is 20.5 Å². The van der Waals surface area contributed by atoms with Gasteiger partial charge in [0.1, 0.15) is 0 Å². The molecule has 36 heavy (non-hydrogen) atoms. The molecule has 1 aromatic heterocycles. The van der Waals surface area contributed by atoms with Crippen LogP contribution >= 0.6 is 11.8 Å². The number of hydrogen-bond acceptors (Lipinski definition) is 6. The molecule has 1 amide bonds. The Kier molecular flexibility index (Phi) is 8.07. The summed E-state index contributed by atoms with van der Waals surface area (Å²) in [6.07, 6.45) is 0.207. The third kappa shape index (κ3) is 6.32. The third-order valence-corrected chi connectivity index (χ3v) is 8.16. The zero-order valence-electron chi connectivity index (χ0n) is 20.0. The number of H-pyrrole nitrogens is 1. The summed E-state index contributed by atoms with van der Waals surface area (Å²) in [5.74, 6) is 1.24. The molecular weight excluding hydrogens is 494 g/mol. The predicted octanol–water partition coefficient (Wildman–Crippen LogP) is 4.06. The Bertz CT molecular complexity index is 1400. The van der Waals surface area contributed by atoms with Crippen molar-refractivity contribution in [3.63, 3.8) is 0 Å². The van der Waals surface area contributed by atoms with E-state index in [0.29, 0.717) is 29.0 Å². The normalized spacial score (nSPS) is 11.3. The van der Waals surface area contributed by atoms with E-state index in [1.54, 1.807) is 48.5 Å². The molecule has 0 fully saturated rings. The molecule has 8 nitrogen and oxygen atoms in total. The van der Waals surface area contributed by atoms with Gasteiger partial charge in [-0.05, 0) is 36.8 Å². The lowest BCUT2D eigenvalue weighted by atomic mass is 10.1. The minimum Gasteiger partial charge on any atom is -0.355 e. The average Bonchev–Trinajstić information content (AvgIpc) is 3.36. The SMILES string of the molecule is Cc1ccc(S(=O)(=O)N(C)c2ccc(CC(=O)NCCSc3n[nH]c(-c4ccccc4)n3)cc2)cc1. The Balaban J connectivity index is 1.24. The van der Waals surface area contributed by atoms with Gasteiger partial charge in [0.15, 0.2) is 5.82 Å². The molecule has 10 heteroatoms. The second-order valence-corrected chi connectivity index (χ2v) is 11.2. The lowest BCUT2D eigenvalue weighted by Gasteiger charge is -2.20. The van der Waals surface area contributed by atoms with Crippen molar-refractivity contribution >= 4 is 33.4 Å². The number of hydrogen-bond donors (Lipinski definition) is 2. The number of amides is 1. The molecule has 4 rings (SSSR count). The Labute approximate surface area is 215 Å². The van der Waals surface area contributed by atoms with E-state index in [0.717, 1.165) is 16.7 Å². The number of aromatic nitrogens is 3. The van der Waals surface area contributed by atoms with Crippen molar-refractivity contribution in [2.75, 3.05) is 23.7 Å². The minimum absolute atomic E-state index is 0.107. The highest BCUT2D eigenvalue weighted by Gasteiger charge is 2.21. The fourth-order valence-corrected chi connectivity index (χ4v) is 5.30. The van der Waals surface area contributed by atoms with Crippen LogP contribution in [-0.4, -0.2) is 48.9 Å². The van der Waals surface area contributed by atoms with E-state index in [9.17, 15) is 13.2 Å². The molecule has 3 aromatic carbocycles. The van der Waals surface area contributed by atoms with Crippen molar-refractivity contribution in [1.29, 1.82) is 0 Å². The van der Waals surface area contributed by atoms with Gasteiger partial charge in [-0.15, -0.1) is 5.10 Å². The minimum atomic E-state index is -3.66. The van der Waals surface area contributed by atoms with Crippen molar-refractivity contribution in [3.05, 3.63) is 90.0 Å². The Morgan fingerprint density at radius 2 is 1.69 bits per heavy atom. The quantitative estimate of drug-likeness (QED) is 0.241. The maximum absolute atomic E-state index is 12.9. The van der Waals surface area contributed by atoms with Crippen LogP contribution in [0.25, 0.3) is 11.4 Å². The fraction of sp³-hybridized carbons (Fsp3) is 0.192. The van der Waals surface area contributed by atoms with E-state index in [1.165, 1.54) is 23.1 Å². The van der Waals surface area contributed by atoms with Gasteiger partial charge in [0.25, 0.3) is 10.0 Å². The first-order chi connectivity index (χ1) is 17.3. The zero-order chi connectivity index (χ0) is 25.5. The fourth-order valence-electron chi connectivity index (χ4n) is 3.45. The summed E-state index contributed by atoms with van der Waals surface area (Å²) >= 11 is 1.46. The molecule has 0 spiro atoms. The highest BCUT2D eigenvalue weighted by Crippen LogP contribution is 2.23. The molecule has 2 N–H and O–H groups in total. The molecule has 0 bridgehead atoms. The Morgan fingerprint density at radius 3 is 2.39 bits per heavy atom. The van der Waals surface area contributed by atoms with Crippen LogP contribution in [0.15, 0.2) is 88.9 Å². The summed E-state index contributed by atoms with van der Waals surface area (Å²) in [7, 11) is -2.14. The molecular formula is C26H27N5O3S2. The molecule has 0 aliphatic rings. The first kappa shape index (κ1) is 25.5.